The second-order valence-electron chi connectivity index (χ2n) is 11.3. The molecule has 4 aromatic carbocycles. The summed E-state index contributed by atoms with van der Waals surface area (Å²) in [6, 6.07) is 28.3. The van der Waals surface area contributed by atoms with Gasteiger partial charge in [0.05, 0.1) is 10.6 Å². The summed E-state index contributed by atoms with van der Waals surface area (Å²) in [7, 11) is -4.22. The highest BCUT2D eigenvalue weighted by atomic mass is 35.5. The number of aryl methyl sites for hydroxylation is 1. The number of carbonyl (C=O) groups excluding carboxylic acids is 2. The monoisotopic (exact) mass is 665 g/mol. The number of amides is 2. The molecule has 0 aliphatic heterocycles. The van der Waals surface area contributed by atoms with Crippen LogP contribution in [0.15, 0.2) is 108 Å². The first-order chi connectivity index (χ1) is 21.5. The number of nitrogens with one attached hydrogen (secondary N) is 1. The van der Waals surface area contributed by atoms with Crippen molar-refractivity contribution in [3.63, 3.8) is 0 Å². The van der Waals surface area contributed by atoms with Gasteiger partial charge in [0.2, 0.25) is 11.8 Å². The topological polar surface area (TPSA) is 86.8 Å². The predicted octanol–water partition coefficient (Wildman–Crippen LogP) is 6.91. The van der Waals surface area contributed by atoms with E-state index in [4.69, 9.17) is 23.2 Å². The molecule has 0 aliphatic carbocycles. The van der Waals surface area contributed by atoms with Crippen LogP contribution in [0.25, 0.3) is 0 Å². The van der Waals surface area contributed by atoms with E-state index in [2.05, 4.69) is 5.32 Å². The van der Waals surface area contributed by atoms with E-state index in [1.165, 1.54) is 23.1 Å². The number of anilines is 1. The van der Waals surface area contributed by atoms with Crippen LogP contribution in [-0.2, 0) is 32.6 Å². The summed E-state index contributed by atoms with van der Waals surface area (Å²) in [5.74, 6) is -0.744. The lowest BCUT2D eigenvalue weighted by atomic mass is 10.0. The quantitative estimate of drug-likeness (QED) is 0.168. The Morgan fingerprint density at radius 1 is 0.844 bits per heavy atom. The van der Waals surface area contributed by atoms with Gasteiger partial charge < -0.3 is 10.2 Å². The molecule has 0 saturated heterocycles. The smallest absolute Gasteiger partial charge is 0.264 e. The molecule has 0 spiro atoms. The van der Waals surface area contributed by atoms with Gasteiger partial charge in [0.15, 0.2) is 0 Å². The Kier molecular flexibility index (Phi) is 11.7. The molecule has 236 valence electrons. The molecule has 2 amide bonds. The second-order valence-corrected chi connectivity index (χ2v) is 14.0. The van der Waals surface area contributed by atoms with Crippen molar-refractivity contribution in [1.82, 2.24) is 10.2 Å². The van der Waals surface area contributed by atoms with E-state index in [9.17, 15) is 18.0 Å². The first-order valence-electron chi connectivity index (χ1n) is 14.6. The third kappa shape index (κ3) is 9.10. The van der Waals surface area contributed by atoms with Gasteiger partial charge in [0.25, 0.3) is 10.0 Å². The number of halogens is 2. The van der Waals surface area contributed by atoms with E-state index in [1.54, 1.807) is 54.6 Å². The number of hydrogen-bond acceptors (Lipinski definition) is 4. The Bertz CT molecular complexity index is 1710. The standard InChI is InChI=1S/C35H37Cl2N3O4S/c1-25(2)22-38-35(42)33(20-27-10-5-4-6-11-27)39(23-28-12-7-8-15-32(28)37)34(41)24-40(30-14-9-13-29(36)21-30)45(43,44)31-18-16-26(3)17-19-31/h4-19,21,25,33H,20,22-24H2,1-3H3,(H,38,42). The van der Waals surface area contributed by atoms with Crippen LogP contribution in [-0.4, -0.2) is 44.3 Å². The van der Waals surface area contributed by atoms with E-state index in [1.807, 2.05) is 51.1 Å². The summed E-state index contributed by atoms with van der Waals surface area (Å²) in [6.07, 6.45) is 0.211. The van der Waals surface area contributed by atoms with Crippen molar-refractivity contribution in [1.29, 1.82) is 0 Å². The van der Waals surface area contributed by atoms with Gasteiger partial charge in [-0.2, -0.15) is 0 Å². The molecule has 4 rings (SSSR count). The molecule has 0 heterocycles. The van der Waals surface area contributed by atoms with Gasteiger partial charge in [-0.05, 0) is 60.4 Å². The fourth-order valence-electron chi connectivity index (χ4n) is 4.78. The van der Waals surface area contributed by atoms with E-state index >= 15 is 0 Å². The fraction of sp³-hybridized carbons (Fsp3) is 0.257. The molecule has 1 unspecified atom stereocenters. The van der Waals surface area contributed by atoms with Crippen molar-refractivity contribution < 1.29 is 18.0 Å². The molecular weight excluding hydrogens is 629 g/mol. The van der Waals surface area contributed by atoms with E-state index < -0.39 is 28.5 Å². The van der Waals surface area contributed by atoms with Gasteiger partial charge in [-0.25, -0.2) is 8.42 Å². The molecule has 0 aromatic heterocycles. The van der Waals surface area contributed by atoms with Crippen molar-refractivity contribution >= 4 is 50.7 Å². The molecule has 0 radical (unpaired) electrons. The molecule has 0 saturated carbocycles. The maximum atomic E-state index is 14.5. The van der Waals surface area contributed by atoms with E-state index in [0.717, 1.165) is 15.4 Å². The fourth-order valence-corrected chi connectivity index (χ4v) is 6.57. The predicted molar refractivity (Wildman–Crippen MR) is 181 cm³/mol. The number of rotatable bonds is 13. The van der Waals surface area contributed by atoms with Gasteiger partial charge in [0, 0.05) is 29.6 Å². The average Bonchev–Trinajstić information content (AvgIpc) is 3.01. The minimum atomic E-state index is -4.22. The third-order valence-electron chi connectivity index (χ3n) is 7.24. The lowest BCUT2D eigenvalue weighted by Crippen LogP contribution is -2.53. The highest BCUT2D eigenvalue weighted by Crippen LogP contribution is 2.28. The summed E-state index contributed by atoms with van der Waals surface area (Å²) in [4.78, 5) is 29.8. The zero-order valence-electron chi connectivity index (χ0n) is 25.5. The second kappa shape index (κ2) is 15.4. The Morgan fingerprint density at radius 3 is 2.16 bits per heavy atom. The Balaban J connectivity index is 1.81. The van der Waals surface area contributed by atoms with Crippen LogP contribution >= 0.6 is 23.2 Å². The zero-order valence-corrected chi connectivity index (χ0v) is 27.8. The lowest BCUT2D eigenvalue weighted by molar-refractivity contribution is -0.140. The van der Waals surface area contributed by atoms with Crippen molar-refractivity contribution in [2.45, 2.75) is 44.7 Å². The number of nitrogens with zero attached hydrogens (tertiary/aromatic N) is 2. The van der Waals surface area contributed by atoms with Crippen LogP contribution < -0.4 is 9.62 Å². The highest BCUT2D eigenvalue weighted by Gasteiger charge is 2.35. The van der Waals surface area contributed by atoms with Crippen LogP contribution in [0.5, 0.6) is 0 Å². The lowest BCUT2D eigenvalue weighted by Gasteiger charge is -2.34. The summed E-state index contributed by atoms with van der Waals surface area (Å²) in [5.41, 5.74) is 2.58. The molecule has 1 N–H and O–H groups in total. The van der Waals surface area contributed by atoms with Crippen LogP contribution in [0.4, 0.5) is 5.69 Å². The average molecular weight is 667 g/mol. The van der Waals surface area contributed by atoms with Crippen LogP contribution in [0.1, 0.15) is 30.5 Å². The van der Waals surface area contributed by atoms with Gasteiger partial charge >= 0.3 is 0 Å². The molecule has 4 aromatic rings. The highest BCUT2D eigenvalue weighted by molar-refractivity contribution is 7.92. The first kappa shape index (κ1) is 34.0. The van der Waals surface area contributed by atoms with Crippen molar-refractivity contribution in [2.24, 2.45) is 5.92 Å². The number of benzene rings is 4. The summed E-state index contributed by atoms with van der Waals surface area (Å²) in [5, 5.41) is 3.72. The van der Waals surface area contributed by atoms with Gasteiger partial charge in [0.1, 0.15) is 12.6 Å². The third-order valence-corrected chi connectivity index (χ3v) is 9.63. The summed E-state index contributed by atoms with van der Waals surface area (Å²) < 4.78 is 29.3. The molecule has 7 nitrogen and oxygen atoms in total. The van der Waals surface area contributed by atoms with Crippen LogP contribution in [0, 0.1) is 12.8 Å². The summed E-state index contributed by atoms with van der Waals surface area (Å²) >= 11 is 12.8. The van der Waals surface area contributed by atoms with Crippen LogP contribution in [0.2, 0.25) is 10.0 Å². The normalized spacial score (nSPS) is 12.0. The number of hydrogen-bond donors (Lipinski definition) is 1. The number of sulfonamides is 1. The Morgan fingerprint density at radius 2 is 1.51 bits per heavy atom. The molecule has 1 atom stereocenters. The SMILES string of the molecule is Cc1ccc(S(=O)(=O)N(CC(=O)N(Cc2ccccc2Cl)C(Cc2ccccc2)C(=O)NCC(C)C)c2cccc(Cl)c2)cc1. The Hall–Kier alpha value is -3.85. The van der Waals surface area contributed by atoms with Crippen molar-refractivity contribution in [2.75, 3.05) is 17.4 Å². The van der Waals surface area contributed by atoms with Gasteiger partial charge in [-0.3, -0.25) is 13.9 Å². The maximum Gasteiger partial charge on any atom is 0.264 e. The first-order valence-corrected chi connectivity index (χ1v) is 16.8. The number of carbonyl (C=O) groups is 2. The van der Waals surface area contributed by atoms with Crippen LogP contribution in [0.3, 0.4) is 0 Å². The van der Waals surface area contributed by atoms with Gasteiger partial charge in [-0.15, -0.1) is 0 Å². The molecule has 45 heavy (non-hydrogen) atoms. The van der Waals surface area contributed by atoms with Gasteiger partial charge in [-0.1, -0.05) is 109 Å². The molecule has 0 bridgehead atoms. The summed E-state index contributed by atoms with van der Waals surface area (Å²) in [6.45, 7) is 5.64. The minimum Gasteiger partial charge on any atom is -0.354 e. The van der Waals surface area contributed by atoms with Crippen molar-refractivity contribution in [3.05, 3.63) is 130 Å². The molecule has 0 aliphatic rings. The van der Waals surface area contributed by atoms with Crippen molar-refractivity contribution in [3.8, 4) is 0 Å². The van der Waals surface area contributed by atoms with E-state index in [-0.39, 0.29) is 35.4 Å². The molecule has 10 heteroatoms. The molecular formula is C35H37Cl2N3O4S. The zero-order chi connectivity index (χ0) is 32.6. The Labute approximate surface area is 275 Å². The largest absolute Gasteiger partial charge is 0.354 e. The maximum absolute atomic E-state index is 14.5. The minimum absolute atomic E-state index is 0.0148. The van der Waals surface area contributed by atoms with E-state index in [0.29, 0.717) is 22.2 Å². The molecule has 0 fully saturated rings.